The standard InChI is InChI=1S/C17H24IN3/c1-4-9-19-15(12-16-20-10-11-21(16)5-2)14-8-6-7-13(3)17(14)18/h6-8,10-11,15,19H,4-5,9,12H2,1-3H3. The van der Waals surface area contributed by atoms with Gasteiger partial charge in [0.2, 0.25) is 0 Å². The van der Waals surface area contributed by atoms with Gasteiger partial charge in [0.25, 0.3) is 0 Å². The van der Waals surface area contributed by atoms with Gasteiger partial charge in [-0.3, -0.25) is 0 Å². The Morgan fingerprint density at radius 1 is 1.33 bits per heavy atom. The number of aryl methyl sites for hydroxylation is 2. The zero-order valence-corrected chi connectivity index (χ0v) is 15.2. The number of rotatable bonds is 7. The van der Waals surface area contributed by atoms with Gasteiger partial charge < -0.3 is 9.88 Å². The summed E-state index contributed by atoms with van der Waals surface area (Å²) in [5.41, 5.74) is 2.73. The summed E-state index contributed by atoms with van der Waals surface area (Å²) in [5.74, 6) is 1.16. The van der Waals surface area contributed by atoms with E-state index in [2.05, 4.69) is 82.6 Å². The van der Waals surface area contributed by atoms with E-state index in [1.54, 1.807) is 0 Å². The number of nitrogens with zero attached hydrogens (tertiary/aromatic N) is 2. The molecule has 21 heavy (non-hydrogen) atoms. The first kappa shape index (κ1) is 16.5. The molecule has 1 N–H and O–H groups in total. The maximum Gasteiger partial charge on any atom is 0.110 e. The van der Waals surface area contributed by atoms with Crippen LogP contribution in [0.4, 0.5) is 0 Å². The van der Waals surface area contributed by atoms with Gasteiger partial charge in [0.1, 0.15) is 5.82 Å². The average Bonchev–Trinajstić information content (AvgIpc) is 2.93. The molecule has 114 valence electrons. The Labute approximate surface area is 141 Å². The number of hydrogen-bond donors (Lipinski definition) is 1. The first-order chi connectivity index (χ1) is 10.2. The third-order valence-corrected chi connectivity index (χ3v) is 5.24. The zero-order chi connectivity index (χ0) is 15.2. The van der Waals surface area contributed by atoms with E-state index in [1.807, 2.05) is 6.20 Å². The molecule has 2 rings (SSSR count). The van der Waals surface area contributed by atoms with Crippen molar-refractivity contribution in [3.63, 3.8) is 0 Å². The van der Waals surface area contributed by atoms with Crippen molar-refractivity contribution in [2.45, 2.75) is 46.2 Å². The van der Waals surface area contributed by atoms with E-state index in [4.69, 9.17) is 0 Å². The van der Waals surface area contributed by atoms with Crippen molar-refractivity contribution in [2.75, 3.05) is 6.54 Å². The lowest BCUT2D eigenvalue weighted by atomic mass is 10.0. The zero-order valence-electron chi connectivity index (χ0n) is 13.1. The summed E-state index contributed by atoms with van der Waals surface area (Å²) < 4.78 is 3.59. The summed E-state index contributed by atoms with van der Waals surface area (Å²) in [6, 6.07) is 6.89. The summed E-state index contributed by atoms with van der Waals surface area (Å²) in [5, 5.41) is 3.69. The van der Waals surface area contributed by atoms with E-state index < -0.39 is 0 Å². The molecular weight excluding hydrogens is 373 g/mol. The summed E-state index contributed by atoms with van der Waals surface area (Å²) in [6.45, 7) is 8.55. The molecule has 1 heterocycles. The van der Waals surface area contributed by atoms with E-state index in [0.717, 1.165) is 31.8 Å². The van der Waals surface area contributed by atoms with E-state index in [1.165, 1.54) is 14.7 Å². The fourth-order valence-corrected chi connectivity index (χ4v) is 3.29. The minimum Gasteiger partial charge on any atom is -0.335 e. The fraction of sp³-hybridized carbons (Fsp3) is 0.471. The van der Waals surface area contributed by atoms with Gasteiger partial charge in [-0.15, -0.1) is 0 Å². The SMILES string of the molecule is CCCNC(Cc1nccn1CC)c1cccc(C)c1I. The second kappa shape index (κ2) is 7.94. The van der Waals surface area contributed by atoms with Crippen LogP contribution in [-0.2, 0) is 13.0 Å². The van der Waals surface area contributed by atoms with Crippen molar-refractivity contribution in [3.05, 3.63) is 51.1 Å². The number of imidazole rings is 1. The van der Waals surface area contributed by atoms with E-state index in [-0.39, 0.29) is 0 Å². The minimum absolute atomic E-state index is 0.324. The number of aromatic nitrogens is 2. The number of hydrogen-bond acceptors (Lipinski definition) is 2. The van der Waals surface area contributed by atoms with Crippen LogP contribution in [0, 0.1) is 10.5 Å². The van der Waals surface area contributed by atoms with Crippen LogP contribution in [0.15, 0.2) is 30.6 Å². The summed E-state index contributed by atoms with van der Waals surface area (Å²) in [4.78, 5) is 4.53. The van der Waals surface area contributed by atoms with Crippen LogP contribution >= 0.6 is 22.6 Å². The highest BCUT2D eigenvalue weighted by atomic mass is 127. The molecule has 4 heteroatoms. The molecule has 0 spiro atoms. The van der Waals surface area contributed by atoms with E-state index in [9.17, 15) is 0 Å². The van der Waals surface area contributed by atoms with Crippen LogP contribution in [0.2, 0.25) is 0 Å². The lowest BCUT2D eigenvalue weighted by Crippen LogP contribution is -2.26. The smallest absolute Gasteiger partial charge is 0.110 e. The first-order valence-electron chi connectivity index (χ1n) is 7.65. The van der Waals surface area contributed by atoms with Crippen molar-refractivity contribution < 1.29 is 0 Å². The Kier molecular flexibility index (Phi) is 6.23. The predicted molar refractivity (Wildman–Crippen MR) is 96.5 cm³/mol. The molecule has 0 aliphatic heterocycles. The Balaban J connectivity index is 2.28. The lowest BCUT2D eigenvalue weighted by Gasteiger charge is -2.21. The normalized spacial score (nSPS) is 12.6. The highest BCUT2D eigenvalue weighted by molar-refractivity contribution is 14.1. The van der Waals surface area contributed by atoms with Crippen molar-refractivity contribution >= 4 is 22.6 Å². The average molecular weight is 397 g/mol. The van der Waals surface area contributed by atoms with Gasteiger partial charge in [0.15, 0.2) is 0 Å². The molecule has 1 unspecified atom stereocenters. The Bertz CT molecular complexity index is 577. The van der Waals surface area contributed by atoms with Gasteiger partial charge in [0.05, 0.1) is 0 Å². The summed E-state index contributed by atoms with van der Waals surface area (Å²) in [7, 11) is 0. The lowest BCUT2D eigenvalue weighted by molar-refractivity contribution is 0.504. The highest BCUT2D eigenvalue weighted by Gasteiger charge is 2.17. The molecule has 0 saturated heterocycles. The van der Waals surface area contributed by atoms with Crippen LogP contribution in [0.3, 0.4) is 0 Å². The summed E-state index contributed by atoms with van der Waals surface area (Å²) in [6.07, 6.45) is 6.03. The minimum atomic E-state index is 0.324. The fourth-order valence-electron chi connectivity index (χ4n) is 2.55. The van der Waals surface area contributed by atoms with Crippen LogP contribution in [-0.4, -0.2) is 16.1 Å². The van der Waals surface area contributed by atoms with Gasteiger partial charge >= 0.3 is 0 Å². The van der Waals surface area contributed by atoms with Gasteiger partial charge in [-0.25, -0.2) is 4.98 Å². The Morgan fingerprint density at radius 2 is 2.14 bits per heavy atom. The molecule has 0 aliphatic carbocycles. The van der Waals surface area contributed by atoms with Gasteiger partial charge in [0, 0.05) is 35.0 Å². The van der Waals surface area contributed by atoms with Crippen LogP contribution in [0.1, 0.15) is 43.3 Å². The monoisotopic (exact) mass is 397 g/mol. The molecule has 1 atom stereocenters. The number of nitrogens with one attached hydrogen (secondary N) is 1. The van der Waals surface area contributed by atoms with E-state index >= 15 is 0 Å². The predicted octanol–water partition coefficient (Wildman–Crippen LogP) is 4.10. The molecule has 3 nitrogen and oxygen atoms in total. The first-order valence-corrected chi connectivity index (χ1v) is 8.73. The molecule has 2 aromatic rings. The number of benzene rings is 1. The molecule has 0 saturated carbocycles. The summed E-state index contributed by atoms with van der Waals surface area (Å²) >= 11 is 2.46. The molecular formula is C17H24IN3. The molecule has 0 aliphatic rings. The largest absolute Gasteiger partial charge is 0.335 e. The van der Waals surface area contributed by atoms with Crippen molar-refractivity contribution in [1.29, 1.82) is 0 Å². The molecule has 1 aromatic carbocycles. The molecule has 0 radical (unpaired) electrons. The second-order valence-corrected chi connectivity index (χ2v) is 6.40. The van der Waals surface area contributed by atoms with Crippen LogP contribution in [0.25, 0.3) is 0 Å². The molecule has 0 bridgehead atoms. The van der Waals surface area contributed by atoms with Crippen molar-refractivity contribution in [3.8, 4) is 0 Å². The molecule has 0 fully saturated rings. The van der Waals surface area contributed by atoms with Gasteiger partial charge in [-0.1, -0.05) is 25.1 Å². The second-order valence-electron chi connectivity index (χ2n) is 5.32. The Hall–Kier alpha value is -0.880. The maximum atomic E-state index is 4.53. The van der Waals surface area contributed by atoms with Gasteiger partial charge in [-0.05, 0) is 60.5 Å². The third-order valence-electron chi connectivity index (χ3n) is 3.77. The molecule has 0 amide bonds. The van der Waals surface area contributed by atoms with Gasteiger partial charge in [-0.2, -0.15) is 0 Å². The van der Waals surface area contributed by atoms with Crippen LogP contribution in [0.5, 0.6) is 0 Å². The topological polar surface area (TPSA) is 29.9 Å². The highest BCUT2D eigenvalue weighted by Crippen LogP contribution is 2.25. The van der Waals surface area contributed by atoms with E-state index in [0.29, 0.717) is 6.04 Å². The van der Waals surface area contributed by atoms with Crippen LogP contribution < -0.4 is 5.32 Å². The third kappa shape index (κ3) is 4.07. The molecule has 1 aromatic heterocycles. The quantitative estimate of drug-likeness (QED) is 0.713. The number of halogens is 1. The van der Waals surface area contributed by atoms with Crippen molar-refractivity contribution in [2.24, 2.45) is 0 Å². The Morgan fingerprint density at radius 3 is 2.86 bits per heavy atom. The van der Waals surface area contributed by atoms with Crippen molar-refractivity contribution in [1.82, 2.24) is 14.9 Å². The maximum absolute atomic E-state index is 4.53.